The summed E-state index contributed by atoms with van der Waals surface area (Å²) in [6.07, 6.45) is 3.54. The zero-order valence-electron chi connectivity index (χ0n) is 9.53. The summed E-state index contributed by atoms with van der Waals surface area (Å²) in [5.74, 6) is 0.281. The molecule has 1 aliphatic carbocycles. The van der Waals surface area contributed by atoms with Crippen molar-refractivity contribution in [2.45, 2.75) is 26.2 Å². The van der Waals surface area contributed by atoms with E-state index in [9.17, 15) is 4.79 Å². The second kappa shape index (κ2) is 4.56. The van der Waals surface area contributed by atoms with Crippen molar-refractivity contribution < 1.29 is 9.53 Å². The molecule has 1 unspecified atom stereocenters. The Kier molecular flexibility index (Phi) is 3.13. The molecule has 0 saturated heterocycles. The third-order valence-electron chi connectivity index (χ3n) is 3.06. The highest BCUT2D eigenvalue weighted by atomic mass is 16.5. The fraction of sp³-hybridized carbons (Fsp3) is 0.462. The van der Waals surface area contributed by atoms with Crippen LogP contribution >= 0.6 is 0 Å². The summed E-state index contributed by atoms with van der Waals surface area (Å²) in [4.78, 5) is 10.8. The lowest BCUT2D eigenvalue weighted by molar-refractivity contribution is -0.122. The number of hydrogen-bond acceptors (Lipinski definition) is 2. The monoisotopic (exact) mass is 219 g/mol. The van der Waals surface area contributed by atoms with Gasteiger partial charge in [0, 0.05) is 0 Å². The summed E-state index contributed by atoms with van der Waals surface area (Å²) >= 11 is 0. The molecule has 0 bridgehead atoms. The second-order valence-electron chi connectivity index (χ2n) is 4.40. The molecule has 0 aromatic heterocycles. The Morgan fingerprint density at radius 1 is 1.44 bits per heavy atom. The lowest BCUT2D eigenvalue weighted by Gasteiger charge is -2.11. The molecule has 1 aromatic carbocycles. The van der Waals surface area contributed by atoms with E-state index in [1.54, 1.807) is 6.92 Å². The molecule has 3 heteroatoms. The van der Waals surface area contributed by atoms with Gasteiger partial charge in [0.2, 0.25) is 5.91 Å². The topological polar surface area (TPSA) is 52.3 Å². The van der Waals surface area contributed by atoms with Crippen LogP contribution < -0.4 is 10.5 Å². The van der Waals surface area contributed by atoms with Crippen molar-refractivity contribution in [3.8, 4) is 5.75 Å². The molecule has 16 heavy (non-hydrogen) atoms. The van der Waals surface area contributed by atoms with Gasteiger partial charge in [0.05, 0.1) is 12.5 Å². The number of carbonyl (C=O) groups is 1. The number of aryl methyl sites for hydroxylation is 2. The molecule has 0 radical (unpaired) electrons. The normalized spacial score (nSPS) is 15.6. The Labute approximate surface area is 95.6 Å². The Bertz CT molecular complexity index is 401. The average molecular weight is 219 g/mol. The zero-order valence-corrected chi connectivity index (χ0v) is 9.53. The van der Waals surface area contributed by atoms with Crippen molar-refractivity contribution in [2.24, 2.45) is 11.7 Å². The van der Waals surface area contributed by atoms with Crippen LogP contribution in [0.1, 0.15) is 24.5 Å². The van der Waals surface area contributed by atoms with E-state index >= 15 is 0 Å². The zero-order chi connectivity index (χ0) is 11.5. The maximum absolute atomic E-state index is 10.8. The standard InChI is InChI=1S/C13H17NO2/c1-9(13(14)15)8-16-12-6-5-10-3-2-4-11(10)7-12/h5-7,9H,2-4,8H2,1H3,(H2,14,15). The number of primary amides is 1. The van der Waals surface area contributed by atoms with Crippen LogP contribution in [-0.4, -0.2) is 12.5 Å². The molecule has 2 N–H and O–H groups in total. The van der Waals surface area contributed by atoms with Crippen molar-refractivity contribution >= 4 is 5.91 Å². The molecular formula is C13H17NO2. The van der Waals surface area contributed by atoms with Gasteiger partial charge in [0.25, 0.3) is 0 Å². The van der Waals surface area contributed by atoms with Crippen LogP contribution in [0.2, 0.25) is 0 Å². The summed E-state index contributed by atoms with van der Waals surface area (Å²) in [7, 11) is 0. The number of amides is 1. The van der Waals surface area contributed by atoms with Gasteiger partial charge in [-0.25, -0.2) is 0 Å². The van der Waals surface area contributed by atoms with E-state index < -0.39 is 0 Å². The fourth-order valence-corrected chi connectivity index (χ4v) is 1.94. The number of nitrogens with two attached hydrogens (primary N) is 1. The highest BCUT2D eigenvalue weighted by Gasteiger charge is 2.13. The minimum Gasteiger partial charge on any atom is -0.493 e. The molecule has 2 rings (SSSR count). The molecule has 0 fully saturated rings. The van der Waals surface area contributed by atoms with Gasteiger partial charge in [-0.05, 0) is 42.5 Å². The van der Waals surface area contributed by atoms with Gasteiger partial charge in [-0.3, -0.25) is 4.79 Å². The summed E-state index contributed by atoms with van der Waals surface area (Å²) in [5, 5.41) is 0. The molecule has 0 aliphatic heterocycles. The Morgan fingerprint density at radius 2 is 2.19 bits per heavy atom. The van der Waals surface area contributed by atoms with E-state index in [-0.39, 0.29) is 11.8 Å². The third-order valence-corrected chi connectivity index (χ3v) is 3.06. The van der Waals surface area contributed by atoms with Gasteiger partial charge >= 0.3 is 0 Å². The molecule has 3 nitrogen and oxygen atoms in total. The molecule has 0 heterocycles. The van der Waals surface area contributed by atoms with Gasteiger partial charge in [-0.15, -0.1) is 0 Å². The summed E-state index contributed by atoms with van der Waals surface area (Å²) < 4.78 is 5.55. The molecule has 1 amide bonds. The highest BCUT2D eigenvalue weighted by molar-refractivity contribution is 5.76. The number of rotatable bonds is 4. The summed E-state index contributed by atoms with van der Waals surface area (Å²) in [6, 6.07) is 6.17. The predicted molar refractivity (Wildman–Crippen MR) is 62.3 cm³/mol. The number of hydrogen-bond donors (Lipinski definition) is 1. The summed E-state index contributed by atoms with van der Waals surface area (Å²) in [5.41, 5.74) is 7.98. The maximum atomic E-state index is 10.8. The van der Waals surface area contributed by atoms with Crippen LogP contribution in [-0.2, 0) is 17.6 Å². The number of ether oxygens (including phenoxy) is 1. The van der Waals surface area contributed by atoms with Crippen LogP contribution in [0.3, 0.4) is 0 Å². The van der Waals surface area contributed by atoms with Crippen molar-refractivity contribution in [1.29, 1.82) is 0 Å². The smallest absolute Gasteiger partial charge is 0.223 e. The van der Waals surface area contributed by atoms with Crippen LogP contribution in [0.4, 0.5) is 0 Å². The second-order valence-corrected chi connectivity index (χ2v) is 4.40. The third kappa shape index (κ3) is 2.35. The number of carbonyl (C=O) groups excluding carboxylic acids is 1. The quantitative estimate of drug-likeness (QED) is 0.837. The molecule has 1 aliphatic rings. The van der Waals surface area contributed by atoms with E-state index in [4.69, 9.17) is 10.5 Å². The van der Waals surface area contributed by atoms with E-state index in [0.717, 1.165) is 12.2 Å². The van der Waals surface area contributed by atoms with Gasteiger partial charge < -0.3 is 10.5 Å². The van der Waals surface area contributed by atoms with E-state index in [1.165, 1.54) is 24.0 Å². The largest absolute Gasteiger partial charge is 0.493 e. The minimum atomic E-state index is -0.318. The van der Waals surface area contributed by atoms with E-state index in [1.807, 2.05) is 6.07 Å². The first-order chi connectivity index (χ1) is 7.66. The number of benzene rings is 1. The first kappa shape index (κ1) is 11.0. The Morgan fingerprint density at radius 3 is 2.94 bits per heavy atom. The van der Waals surface area contributed by atoms with Crippen molar-refractivity contribution in [3.05, 3.63) is 29.3 Å². The minimum absolute atomic E-state index is 0.242. The molecule has 1 aromatic rings. The van der Waals surface area contributed by atoms with Crippen LogP contribution in [0.5, 0.6) is 5.75 Å². The molecular weight excluding hydrogens is 202 g/mol. The molecule has 1 atom stereocenters. The first-order valence-electron chi connectivity index (χ1n) is 5.71. The number of fused-ring (bicyclic) bond motifs is 1. The summed E-state index contributed by atoms with van der Waals surface area (Å²) in [6.45, 7) is 2.13. The van der Waals surface area contributed by atoms with E-state index in [0.29, 0.717) is 6.61 Å². The van der Waals surface area contributed by atoms with Crippen LogP contribution in [0, 0.1) is 5.92 Å². The van der Waals surface area contributed by atoms with Gasteiger partial charge in [-0.2, -0.15) is 0 Å². The van der Waals surface area contributed by atoms with Crippen molar-refractivity contribution in [1.82, 2.24) is 0 Å². The molecule has 86 valence electrons. The van der Waals surface area contributed by atoms with Gasteiger partial charge in [0.15, 0.2) is 0 Å². The maximum Gasteiger partial charge on any atom is 0.223 e. The lowest BCUT2D eigenvalue weighted by atomic mass is 10.1. The van der Waals surface area contributed by atoms with Crippen LogP contribution in [0.25, 0.3) is 0 Å². The van der Waals surface area contributed by atoms with Crippen molar-refractivity contribution in [2.75, 3.05) is 6.61 Å². The highest BCUT2D eigenvalue weighted by Crippen LogP contribution is 2.26. The van der Waals surface area contributed by atoms with E-state index in [2.05, 4.69) is 12.1 Å². The molecule has 0 saturated carbocycles. The first-order valence-corrected chi connectivity index (χ1v) is 5.71. The fourth-order valence-electron chi connectivity index (χ4n) is 1.94. The van der Waals surface area contributed by atoms with Crippen LogP contribution in [0.15, 0.2) is 18.2 Å². The molecule has 0 spiro atoms. The SMILES string of the molecule is CC(COc1ccc2c(c1)CCC2)C(N)=O. The lowest BCUT2D eigenvalue weighted by Crippen LogP contribution is -2.25. The van der Waals surface area contributed by atoms with Gasteiger partial charge in [0.1, 0.15) is 5.75 Å². The Balaban J connectivity index is 1.98. The van der Waals surface area contributed by atoms with Crippen molar-refractivity contribution in [3.63, 3.8) is 0 Å². The Hall–Kier alpha value is -1.51. The average Bonchev–Trinajstić information content (AvgIpc) is 2.72. The predicted octanol–water partition coefficient (Wildman–Crippen LogP) is 1.68. The van der Waals surface area contributed by atoms with Gasteiger partial charge in [-0.1, -0.05) is 13.0 Å².